The van der Waals surface area contributed by atoms with E-state index in [-0.39, 0.29) is 0 Å². The van der Waals surface area contributed by atoms with Gasteiger partial charge in [0.1, 0.15) is 0 Å². The van der Waals surface area contributed by atoms with E-state index in [9.17, 15) is 0 Å². The third-order valence-corrected chi connectivity index (χ3v) is 12.9. The summed E-state index contributed by atoms with van der Waals surface area (Å²) in [5.41, 5.74) is 9.26. The number of fused-ring (bicyclic) bond motifs is 12. The maximum Gasteiger partial charge on any atom is 0.0640 e. The minimum atomic E-state index is 1.11. The Morgan fingerprint density at radius 1 is 0.385 bits per heavy atom. The summed E-state index contributed by atoms with van der Waals surface area (Å²) in [6.45, 7) is 0. The van der Waals surface area contributed by atoms with Gasteiger partial charge in [0.2, 0.25) is 0 Å². The van der Waals surface area contributed by atoms with Crippen molar-refractivity contribution in [2.24, 2.45) is 0 Å². The van der Waals surface area contributed by atoms with Crippen LogP contribution in [0.3, 0.4) is 0 Å². The standard InChI is InChI=1S/C44H24N6S2/c1-2-28-29-18-25(5-8-43(29)52-44(28)40(3-1)50-38-12-16-47-23-34(38)35-24-48-17-13-39(35)50)26-4-7-41-30(19-26)31-20-27(6-9-42(31)51-41)49-36-10-14-45-21-32(36)33-22-46-15-11-37(33)49/h1-24H. The molecule has 0 unspecified atom stereocenters. The highest BCUT2D eigenvalue weighted by Gasteiger charge is 2.18. The van der Waals surface area contributed by atoms with Crippen LogP contribution in [-0.2, 0) is 0 Å². The van der Waals surface area contributed by atoms with Crippen molar-refractivity contribution in [2.45, 2.75) is 0 Å². The van der Waals surface area contributed by atoms with Crippen molar-refractivity contribution in [1.82, 2.24) is 29.1 Å². The predicted octanol–water partition coefficient (Wildman–Crippen LogP) is 11.9. The number of hydrogen-bond acceptors (Lipinski definition) is 6. The van der Waals surface area contributed by atoms with E-state index in [4.69, 9.17) is 0 Å². The summed E-state index contributed by atoms with van der Waals surface area (Å²) in [6.07, 6.45) is 15.2. The molecule has 0 bridgehead atoms. The van der Waals surface area contributed by atoms with Gasteiger partial charge in [0.25, 0.3) is 0 Å². The molecule has 0 aliphatic heterocycles. The molecule has 0 fully saturated rings. The van der Waals surface area contributed by atoms with Gasteiger partial charge < -0.3 is 9.13 Å². The molecule has 0 amide bonds. The fourth-order valence-electron chi connectivity index (χ4n) is 8.18. The normalized spacial score (nSPS) is 12.2. The van der Waals surface area contributed by atoms with Crippen molar-refractivity contribution >= 4 is 107 Å². The Kier molecular flexibility index (Phi) is 5.71. The lowest BCUT2D eigenvalue weighted by Crippen LogP contribution is -1.93. The molecular formula is C44H24N6S2. The quantitative estimate of drug-likeness (QED) is 0.184. The van der Waals surface area contributed by atoms with Gasteiger partial charge in [-0.25, -0.2) is 0 Å². The molecule has 0 atom stereocenters. The molecule has 0 radical (unpaired) electrons. The Morgan fingerprint density at radius 3 is 1.44 bits per heavy atom. The molecule has 4 aromatic carbocycles. The third-order valence-electron chi connectivity index (χ3n) is 10.5. The number of hydrogen-bond donors (Lipinski definition) is 0. The Bertz CT molecular complexity index is 3320. The molecule has 0 aliphatic carbocycles. The van der Waals surface area contributed by atoms with Crippen LogP contribution in [0, 0.1) is 0 Å². The van der Waals surface area contributed by atoms with Gasteiger partial charge in [-0.15, -0.1) is 22.7 Å². The summed E-state index contributed by atoms with van der Waals surface area (Å²) in [7, 11) is 0. The highest BCUT2D eigenvalue weighted by Crippen LogP contribution is 2.43. The molecule has 0 saturated carbocycles. The van der Waals surface area contributed by atoms with Crippen molar-refractivity contribution in [1.29, 1.82) is 0 Å². The van der Waals surface area contributed by atoms with E-state index in [1.165, 1.54) is 57.2 Å². The summed E-state index contributed by atoms with van der Waals surface area (Å²) in [5.74, 6) is 0. The Hall–Kier alpha value is -6.48. The van der Waals surface area contributed by atoms with Crippen LogP contribution >= 0.6 is 22.7 Å². The first kappa shape index (κ1) is 28.2. The molecule has 8 heteroatoms. The average molecular weight is 701 g/mol. The minimum absolute atomic E-state index is 1.11. The van der Waals surface area contributed by atoms with E-state index in [1.54, 1.807) is 0 Å². The minimum Gasteiger partial charge on any atom is -0.309 e. The number of benzene rings is 4. The summed E-state index contributed by atoms with van der Waals surface area (Å²) in [6, 6.07) is 35.8. The first-order valence-corrected chi connectivity index (χ1v) is 18.7. The van der Waals surface area contributed by atoms with E-state index in [0.717, 1.165) is 49.3 Å². The van der Waals surface area contributed by atoms with E-state index < -0.39 is 0 Å². The van der Waals surface area contributed by atoms with Crippen molar-refractivity contribution in [3.05, 3.63) is 147 Å². The fraction of sp³-hybridized carbons (Fsp3) is 0. The first-order valence-electron chi connectivity index (χ1n) is 17.1. The lowest BCUT2D eigenvalue weighted by atomic mass is 10.0. The van der Waals surface area contributed by atoms with E-state index in [1.807, 2.05) is 72.2 Å². The summed E-state index contributed by atoms with van der Waals surface area (Å²) < 4.78 is 9.81. The summed E-state index contributed by atoms with van der Waals surface area (Å²) in [4.78, 5) is 17.7. The molecule has 0 spiro atoms. The van der Waals surface area contributed by atoms with Gasteiger partial charge in [-0.1, -0.05) is 24.3 Å². The van der Waals surface area contributed by atoms with Gasteiger partial charge in [-0.05, 0) is 83.9 Å². The van der Waals surface area contributed by atoms with Crippen molar-refractivity contribution < 1.29 is 0 Å². The molecule has 8 aromatic heterocycles. The Balaban J connectivity index is 1.02. The second kappa shape index (κ2) is 10.5. The van der Waals surface area contributed by atoms with Crippen molar-refractivity contribution in [2.75, 3.05) is 0 Å². The molecular weight excluding hydrogens is 677 g/mol. The molecule has 52 heavy (non-hydrogen) atoms. The monoisotopic (exact) mass is 700 g/mol. The number of thiophene rings is 2. The highest BCUT2D eigenvalue weighted by atomic mass is 32.1. The Labute approximate surface area is 303 Å². The molecule has 0 N–H and O–H groups in total. The maximum atomic E-state index is 4.43. The van der Waals surface area contributed by atoms with Crippen LogP contribution in [0.5, 0.6) is 0 Å². The zero-order chi connectivity index (χ0) is 33.9. The number of rotatable bonds is 3. The van der Waals surface area contributed by atoms with Gasteiger partial charge >= 0.3 is 0 Å². The first-order chi connectivity index (χ1) is 25.8. The molecule has 12 aromatic rings. The van der Waals surface area contributed by atoms with Crippen molar-refractivity contribution in [3.63, 3.8) is 0 Å². The molecule has 0 aliphatic rings. The second-order valence-electron chi connectivity index (χ2n) is 13.2. The zero-order valence-electron chi connectivity index (χ0n) is 27.4. The molecule has 8 heterocycles. The summed E-state index contributed by atoms with van der Waals surface area (Å²) in [5, 5.41) is 9.51. The number of aromatic nitrogens is 6. The SMILES string of the molecule is c1cc(-n2c3ccncc3c3cnccc32)c2sc3ccc(-c4ccc5sc6ccc(-n7c8ccncc8c8cnccc87)cc6c5c4)cc3c2c1. The van der Waals surface area contributed by atoms with Gasteiger partial charge in [-0.3, -0.25) is 19.9 Å². The molecule has 12 rings (SSSR count). The third kappa shape index (κ3) is 3.87. The van der Waals surface area contributed by atoms with Gasteiger partial charge in [-0.2, -0.15) is 0 Å². The van der Waals surface area contributed by atoms with Crippen LogP contribution in [0.15, 0.2) is 147 Å². The smallest absolute Gasteiger partial charge is 0.0640 e. The van der Waals surface area contributed by atoms with Crippen molar-refractivity contribution in [3.8, 4) is 22.5 Å². The topological polar surface area (TPSA) is 61.4 Å². The fourth-order valence-corrected chi connectivity index (χ4v) is 10.4. The van der Waals surface area contributed by atoms with Crippen LogP contribution in [0.25, 0.3) is 106 Å². The number of nitrogens with zero attached hydrogens (tertiary/aromatic N) is 6. The Morgan fingerprint density at radius 2 is 0.865 bits per heavy atom. The van der Waals surface area contributed by atoms with Gasteiger partial charge in [0, 0.05) is 112 Å². The van der Waals surface area contributed by atoms with Crippen LogP contribution in [0.2, 0.25) is 0 Å². The predicted molar refractivity (Wildman–Crippen MR) is 218 cm³/mol. The highest BCUT2D eigenvalue weighted by molar-refractivity contribution is 7.26. The summed E-state index contributed by atoms with van der Waals surface area (Å²) >= 11 is 3.70. The maximum absolute atomic E-state index is 4.43. The van der Waals surface area contributed by atoms with Gasteiger partial charge in [0.15, 0.2) is 0 Å². The van der Waals surface area contributed by atoms with Gasteiger partial charge in [0.05, 0.1) is 32.5 Å². The van der Waals surface area contributed by atoms with Crippen LogP contribution < -0.4 is 0 Å². The second-order valence-corrected chi connectivity index (χ2v) is 15.3. The number of pyridine rings is 4. The molecule has 242 valence electrons. The average Bonchev–Trinajstić information content (AvgIpc) is 3.95. The largest absolute Gasteiger partial charge is 0.309 e. The van der Waals surface area contributed by atoms with Crippen LogP contribution in [0.1, 0.15) is 0 Å². The van der Waals surface area contributed by atoms with Crippen LogP contribution in [0.4, 0.5) is 0 Å². The van der Waals surface area contributed by atoms with E-state index in [0.29, 0.717) is 0 Å². The van der Waals surface area contributed by atoms with E-state index in [2.05, 4.69) is 126 Å². The van der Waals surface area contributed by atoms with Crippen LogP contribution in [-0.4, -0.2) is 29.1 Å². The lowest BCUT2D eigenvalue weighted by molar-refractivity contribution is 1.18. The molecule has 6 nitrogen and oxygen atoms in total. The van der Waals surface area contributed by atoms with E-state index >= 15 is 0 Å². The molecule has 0 saturated heterocycles. The lowest BCUT2D eigenvalue weighted by Gasteiger charge is -2.09. The zero-order valence-corrected chi connectivity index (χ0v) is 29.0.